The SMILES string of the molecule is O=C(COC(=O)COc1ccc(Cl)cc1Cl)NC(=O)Cc1ccccc1. The molecule has 0 radical (unpaired) electrons. The lowest BCUT2D eigenvalue weighted by Gasteiger charge is -2.08. The predicted molar refractivity (Wildman–Crippen MR) is 96.2 cm³/mol. The van der Waals surface area contributed by atoms with E-state index in [4.69, 9.17) is 32.7 Å². The minimum atomic E-state index is -0.776. The minimum Gasteiger partial charge on any atom is -0.480 e. The van der Waals surface area contributed by atoms with Crippen molar-refractivity contribution in [2.45, 2.75) is 6.42 Å². The van der Waals surface area contributed by atoms with Crippen molar-refractivity contribution in [2.75, 3.05) is 13.2 Å². The molecule has 136 valence electrons. The van der Waals surface area contributed by atoms with Crippen molar-refractivity contribution in [1.82, 2.24) is 5.32 Å². The average Bonchev–Trinajstić information content (AvgIpc) is 2.60. The van der Waals surface area contributed by atoms with E-state index in [2.05, 4.69) is 5.32 Å². The van der Waals surface area contributed by atoms with Crippen LogP contribution in [0.1, 0.15) is 5.56 Å². The van der Waals surface area contributed by atoms with Gasteiger partial charge in [-0.1, -0.05) is 53.5 Å². The molecule has 0 bridgehead atoms. The smallest absolute Gasteiger partial charge is 0.344 e. The van der Waals surface area contributed by atoms with Gasteiger partial charge in [0.05, 0.1) is 11.4 Å². The summed E-state index contributed by atoms with van der Waals surface area (Å²) in [6.07, 6.45) is 0.0543. The van der Waals surface area contributed by atoms with Gasteiger partial charge in [0.15, 0.2) is 13.2 Å². The molecule has 0 unspecified atom stereocenters. The average molecular weight is 396 g/mol. The summed E-state index contributed by atoms with van der Waals surface area (Å²) in [7, 11) is 0. The lowest BCUT2D eigenvalue weighted by molar-refractivity contribution is -0.151. The zero-order chi connectivity index (χ0) is 18.9. The highest BCUT2D eigenvalue weighted by Crippen LogP contribution is 2.27. The van der Waals surface area contributed by atoms with Crippen LogP contribution in [0.4, 0.5) is 0 Å². The number of hydrogen-bond acceptors (Lipinski definition) is 5. The summed E-state index contributed by atoms with van der Waals surface area (Å²) in [5.41, 5.74) is 0.767. The normalized spacial score (nSPS) is 10.1. The molecule has 0 aliphatic carbocycles. The monoisotopic (exact) mass is 395 g/mol. The lowest BCUT2D eigenvalue weighted by atomic mass is 10.1. The Labute approximate surface area is 160 Å². The lowest BCUT2D eigenvalue weighted by Crippen LogP contribution is -2.35. The van der Waals surface area contributed by atoms with Gasteiger partial charge < -0.3 is 9.47 Å². The summed E-state index contributed by atoms with van der Waals surface area (Å²) < 4.78 is 9.93. The van der Waals surface area contributed by atoms with Gasteiger partial charge in [-0.05, 0) is 23.8 Å². The van der Waals surface area contributed by atoms with E-state index in [1.807, 2.05) is 6.07 Å². The Bertz CT molecular complexity index is 795. The third kappa shape index (κ3) is 6.74. The fraction of sp³-hybridized carbons (Fsp3) is 0.167. The molecule has 1 N–H and O–H groups in total. The summed E-state index contributed by atoms with van der Waals surface area (Å²) in [6.45, 7) is -1.02. The van der Waals surface area contributed by atoms with Gasteiger partial charge in [0.2, 0.25) is 5.91 Å². The predicted octanol–water partition coefficient (Wildman–Crippen LogP) is 2.80. The van der Waals surface area contributed by atoms with Gasteiger partial charge in [0.25, 0.3) is 5.91 Å². The molecule has 0 aliphatic heterocycles. The summed E-state index contributed by atoms with van der Waals surface area (Å²) in [6, 6.07) is 13.5. The quantitative estimate of drug-likeness (QED) is 0.728. The molecule has 2 aromatic carbocycles. The molecule has 26 heavy (non-hydrogen) atoms. The van der Waals surface area contributed by atoms with Crippen molar-refractivity contribution < 1.29 is 23.9 Å². The highest BCUT2D eigenvalue weighted by Gasteiger charge is 2.12. The van der Waals surface area contributed by atoms with Crippen molar-refractivity contribution in [1.29, 1.82) is 0 Å². The van der Waals surface area contributed by atoms with Crippen LogP contribution in [0.25, 0.3) is 0 Å². The number of imide groups is 1. The van der Waals surface area contributed by atoms with E-state index in [0.717, 1.165) is 5.56 Å². The number of ether oxygens (including phenoxy) is 2. The van der Waals surface area contributed by atoms with Crippen LogP contribution in [0.5, 0.6) is 5.75 Å². The van der Waals surface area contributed by atoms with Gasteiger partial charge in [-0.2, -0.15) is 0 Å². The van der Waals surface area contributed by atoms with Crippen LogP contribution in [0, 0.1) is 0 Å². The molecule has 2 aromatic rings. The Morgan fingerprint density at radius 2 is 1.65 bits per heavy atom. The van der Waals surface area contributed by atoms with Crippen LogP contribution in [0.2, 0.25) is 10.0 Å². The van der Waals surface area contributed by atoms with Crippen LogP contribution < -0.4 is 10.1 Å². The van der Waals surface area contributed by atoms with Crippen molar-refractivity contribution in [3.63, 3.8) is 0 Å². The van der Waals surface area contributed by atoms with Gasteiger partial charge in [0, 0.05) is 5.02 Å². The number of carbonyl (C=O) groups is 3. The first-order valence-corrected chi connectivity index (χ1v) is 8.29. The van der Waals surface area contributed by atoms with Gasteiger partial charge in [-0.3, -0.25) is 14.9 Å². The molecular formula is C18H15Cl2NO5. The summed E-state index contributed by atoms with van der Waals surface area (Å²) in [4.78, 5) is 34.9. The molecule has 0 saturated heterocycles. The molecule has 2 rings (SSSR count). The first-order valence-electron chi connectivity index (χ1n) is 7.54. The van der Waals surface area contributed by atoms with Gasteiger partial charge in [-0.25, -0.2) is 4.79 Å². The van der Waals surface area contributed by atoms with E-state index < -0.39 is 31.0 Å². The molecule has 0 spiro atoms. The molecule has 0 heterocycles. The molecule has 8 heteroatoms. The minimum absolute atomic E-state index is 0.0543. The van der Waals surface area contributed by atoms with Crippen LogP contribution in [0.15, 0.2) is 48.5 Å². The number of hydrogen-bond donors (Lipinski definition) is 1. The van der Waals surface area contributed by atoms with E-state index in [9.17, 15) is 14.4 Å². The van der Waals surface area contributed by atoms with Crippen LogP contribution in [-0.4, -0.2) is 31.0 Å². The van der Waals surface area contributed by atoms with Crippen molar-refractivity contribution >= 4 is 41.0 Å². The van der Waals surface area contributed by atoms with E-state index in [1.54, 1.807) is 30.3 Å². The highest BCUT2D eigenvalue weighted by molar-refractivity contribution is 6.35. The number of benzene rings is 2. The largest absolute Gasteiger partial charge is 0.480 e. The Hall–Kier alpha value is -2.57. The second-order valence-electron chi connectivity index (χ2n) is 5.16. The maximum absolute atomic E-state index is 11.7. The van der Waals surface area contributed by atoms with Crippen LogP contribution in [0.3, 0.4) is 0 Å². The first-order chi connectivity index (χ1) is 12.4. The van der Waals surface area contributed by atoms with E-state index in [1.165, 1.54) is 12.1 Å². The molecule has 0 saturated carbocycles. The van der Waals surface area contributed by atoms with Gasteiger partial charge >= 0.3 is 5.97 Å². The highest BCUT2D eigenvalue weighted by atomic mass is 35.5. The van der Waals surface area contributed by atoms with Gasteiger partial charge in [0.1, 0.15) is 5.75 Å². The van der Waals surface area contributed by atoms with E-state index in [-0.39, 0.29) is 17.2 Å². The number of esters is 1. The van der Waals surface area contributed by atoms with Crippen molar-refractivity contribution in [3.8, 4) is 5.75 Å². The number of carbonyl (C=O) groups excluding carboxylic acids is 3. The maximum atomic E-state index is 11.7. The Morgan fingerprint density at radius 1 is 0.923 bits per heavy atom. The molecule has 0 aromatic heterocycles. The zero-order valence-corrected chi connectivity index (χ0v) is 15.0. The molecule has 0 atom stereocenters. The van der Waals surface area contributed by atoms with Crippen LogP contribution >= 0.6 is 23.2 Å². The third-order valence-corrected chi connectivity index (χ3v) is 3.62. The van der Waals surface area contributed by atoms with Crippen molar-refractivity contribution in [3.05, 3.63) is 64.1 Å². The molecule has 0 fully saturated rings. The first kappa shape index (κ1) is 19.8. The molecule has 2 amide bonds. The fourth-order valence-electron chi connectivity index (χ4n) is 1.93. The second-order valence-corrected chi connectivity index (χ2v) is 6.00. The molecule has 0 aliphatic rings. The number of nitrogens with one attached hydrogen (secondary N) is 1. The topological polar surface area (TPSA) is 81.7 Å². The maximum Gasteiger partial charge on any atom is 0.344 e. The van der Waals surface area contributed by atoms with Crippen molar-refractivity contribution in [2.24, 2.45) is 0 Å². The van der Waals surface area contributed by atoms with E-state index in [0.29, 0.717) is 5.02 Å². The number of rotatable bonds is 7. The zero-order valence-electron chi connectivity index (χ0n) is 13.5. The number of halogens is 2. The Morgan fingerprint density at radius 3 is 2.35 bits per heavy atom. The third-order valence-electron chi connectivity index (χ3n) is 3.09. The van der Waals surface area contributed by atoms with Gasteiger partial charge in [-0.15, -0.1) is 0 Å². The fourth-order valence-corrected chi connectivity index (χ4v) is 2.40. The second kappa shape index (κ2) is 9.79. The Balaban J connectivity index is 1.69. The number of amides is 2. The van der Waals surface area contributed by atoms with E-state index >= 15 is 0 Å². The summed E-state index contributed by atoms with van der Waals surface area (Å²) >= 11 is 11.7. The standard InChI is InChI=1S/C18H15Cl2NO5/c19-13-6-7-15(14(20)9-13)25-11-18(24)26-10-17(23)21-16(22)8-12-4-2-1-3-5-12/h1-7,9H,8,10-11H2,(H,21,22,23). The summed E-state index contributed by atoms with van der Waals surface area (Å²) in [5.74, 6) is -1.72. The Kier molecular flexibility index (Phi) is 7.44. The molecular weight excluding hydrogens is 381 g/mol. The van der Waals surface area contributed by atoms with Crippen LogP contribution in [-0.2, 0) is 25.5 Å². The molecule has 6 nitrogen and oxygen atoms in total. The summed E-state index contributed by atoms with van der Waals surface area (Å²) in [5, 5.41) is 2.82.